The van der Waals surface area contributed by atoms with Gasteiger partial charge in [-0.2, -0.15) is 0 Å². The van der Waals surface area contributed by atoms with Gasteiger partial charge in [0.2, 0.25) is 5.79 Å². The molecule has 2 aliphatic carbocycles. The fourth-order valence-electron chi connectivity index (χ4n) is 8.81. The van der Waals surface area contributed by atoms with Crippen LogP contribution in [0.25, 0.3) is 10.8 Å². The number of hydrogen-bond donors (Lipinski definition) is 2. The molecule has 302 valence electrons. The number of aliphatic hydroxyl groups is 2. The zero-order valence-electron chi connectivity index (χ0n) is 33.7. The first-order valence-corrected chi connectivity index (χ1v) is 20.3. The molecule has 2 N–H and O–H groups in total. The van der Waals surface area contributed by atoms with Gasteiger partial charge in [-0.15, -0.1) is 6.58 Å². The highest BCUT2D eigenvalue weighted by Crippen LogP contribution is 2.62. The Balaban J connectivity index is 1.53. The zero-order valence-corrected chi connectivity index (χ0v) is 33.7. The van der Waals surface area contributed by atoms with Gasteiger partial charge in [0.05, 0.1) is 24.8 Å². The molecule has 6 unspecified atom stereocenters. The summed E-state index contributed by atoms with van der Waals surface area (Å²) in [5.41, 5.74) is 2.49. The van der Waals surface area contributed by atoms with E-state index in [1.807, 2.05) is 64.1 Å². The summed E-state index contributed by atoms with van der Waals surface area (Å²) in [6, 6.07) is 19.6. The predicted octanol–water partition coefficient (Wildman–Crippen LogP) is 9.40. The predicted molar refractivity (Wildman–Crippen MR) is 219 cm³/mol. The number of fused-ring (bicyclic) bond motifs is 3. The molecule has 0 spiro atoms. The second-order valence-electron chi connectivity index (χ2n) is 16.5. The summed E-state index contributed by atoms with van der Waals surface area (Å²) in [7, 11) is 1.75. The van der Waals surface area contributed by atoms with Gasteiger partial charge in [0, 0.05) is 38.2 Å². The van der Waals surface area contributed by atoms with E-state index in [0.717, 1.165) is 59.1 Å². The zero-order chi connectivity index (χ0) is 39.9. The average molecular weight is 769 g/mol. The number of unbranched alkanes of at least 4 members (excludes halogenated alkanes) is 2. The van der Waals surface area contributed by atoms with Crippen LogP contribution in [0, 0.1) is 23.2 Å². The monoisotopic (exact) mass is 768 g/mol. The lowest BCUT2D eigenvalue weighted by atomic mass is 9.55. The minimum absolute atomic E-state index is 0.101. The van der Waals surface area contributed by atoms with Crippen LogP contribution in [0.2, 0.25) is 0 Å². The van der Waals surface area contributed by atoms with Crippen molar-refractivity contribution in [3.63, 3.8) is 0 Å². The molecule has 0 saturated heterocycles. The Bertz CT molecular complexity index is 1880. The molecule has 10 nitrogen and oxygen atoms in total. The van der Waals surface area contributed by atoms with Crippen molar-refractivity contribution in [1.29, 1.82) is 0 Å². The maximum absolute atomic E-state index is 14.0. The van der Waals surface area contributed by atoms with Gasteiger partial charge < -0.3 is 38.9 Å². The molecule has 6 atom stereocenters. The van der Waals surface area contributed by atoms with Crippen LogP contribution < -0.4 is 9.47 Å². The number of benzene rings is 3. The Labute approximate surface area is 332 Å². The van der Waals surface area contributed by atoms with Gasteiger partial charge in [0.25, 0.3) is 0 Å². The molecule has 3 aromatic rings. The minimum Gasteiger partial charge on any atom is -0.459 e. The normalized spacial score (nSPS) is 24.7. The SMILES string of the molecule is C=CCOC12Oc3ccc(Oc4ccc5ccccc5c4)cc3C3C(CCCCO)C(CCCCO)C=C(C(=NOCC)CC1N(C)C(=O)OCC(C)(C)C)C32. The molecule has 1 aliphatic heterocycles. The molecule has 10 heteroatoms. The molecule has 1 fully saturated rings. The van der Waals surface area contributed by atoms with Gasteiger partial charge in [0.1, 0.15) is 29.9 Å². The number of carbonyl (C=O) groups is 1. The van der Waals surface area contributed by atoms with Crippen molar-refractivity contribution in [2.45, 2.75) is 90.4 Å². The lowest BCUT2D eigenvalue weighted by Crippen LogP contribution is -2.69. The van der Waals surface area contributed by atoms with Gasteiger partial charge in [-0.25, -0.2) is 4.79 Å². The lowest BCUT2D eigenvalue weighted by Gasteiger charge is -2.59. The maximum Gasteiger partial charge on any atom is 0.410 e. The molecule has 0 bridgehead atoms. The minimum atomic E-state index is -1.34. The second-order valence-corrected chi connectivity index (χ2v) is 16.5. The topological polar surface area (TPSA) is 119 Å². The van der Waals surface area contributed by atoms with Crippen molar-refractivity contribution in [1.82, 2.24) is 4.90 Å². The van der Waals surface area contributed by atoms with Crippen molar-refractivity contribution in [2.24, 2.45) is 28.3 Å². The second kappa shape index (κ2) is 18.3. The molecule has 1 amide bonds. The van der Waals surface area contributed by atoms with Gasteiger partial charge in [0.15, 0.2) is 0 Å². The van der Waals surface area contributed by atoms with Crippen LogP contribution in [0.3, 0.4) is 0 Å². The number of carbonyl (C=O) groups excluding carboxylic acids is 1. The van der Waals surface area contributed by atoms with Crippen molar-refractivity contribution < 1.29 is 38.8 Å². The largest absolute Gasteiger partial charge is 0.459 e. The summed E-state index contributed by atoms with van der Waals surface area (Å²) in [5.74, 6) is 0.397. The van der Waals surface area contributed by atoms with Gasteiger partial charge in [-0.05, 0) is 96.5 Å². The third kappa shape index (κ3) is 8.93. The fourth-order valence-corrected chi connectivity index (χ4v) is 8.81. The third-order valence-corrected chi connectivity index (χ3v) is 11.3. The summed E-state index contributed by atoms with van der Waals surface area (Å²) in [5, 5.41) is 26.7. The summed E-state index contributed by atoms with van der Waals surface area (Å²) in [4.78, 5) is 21.4. The standard InChI is InChI=1S/C46H60N2O8/c1-7-25-53-46-41(48(6)44(51)52-30-45(3,4)5)29-39(47-54-8-2)37-27-33(17-11-13-23-49)36(18-12-14-24-50)42(43(37)46)38-28-35(21-22-40(38)56-46)55-34-20-19-31-15-9-10-16-32(31)26-34/h7,9-10,15-16,19-22,26-28,33,36,41-43,49-50H,1,8,11-14,17-18,23-25,29-30H2,2-6H3. The van der Waals surface area contributed by atoms with E-state index < -0.39 is 23.8 Å². The summed E-state index contributed by atoms with van der Waals surface area (Å²) in [6.45, 7) is 13.0. The molecule has 3 aromatic carbocycles. The van der Waals surface area contributed by atoms with Crippen LogP contribution in [0.15, 0.2) is 90.1 Å². The van der Waals surface area contributed by atoms with Crippen molar-refractivity contribution in [2.75, 3.05) is 40.1 Å². The quantitative estimate of drug-likeness (QED) is 0.0793. The number of allylic oxidation sites excluding steroid dienone is 1. The van der Waals surface area contributed by atoms with Crippen LogP contribution >= 0.6 is 0 Å². The number of amides is 1. The summed E-state index contributed by atoms with van der Waals surface area (Å²) in [6.07, 6.45) is 8.67. The highest BCUT2D eigenvalue weighted by atomic mass is 16.7. The summed E-state index contributed by atoms with van der Waals surface area (Å²) < 4.78 is 26.7. The number of ether oxygens (including phenoxy) is 4. The van der Waals surface area contributed by atoms with Gasteiger partial charge in [-0.1, -0.05) is 81.3 Å². The Hall–Kier alpha value is -4.38. The highest BCUT2D eigenvalue weighted by molar-refractivity contribution is 6.03. The lowest BCUT2D eigenvalue weighted by molar-refractivity contribution is -0.253. The Morgan fingerprint density at radius 2 is 1.71 bits per heavy atom. The van der Waals surface area contributed by atoms with Crippen LogP contribution in [0.4, 0.5) is 4.79 Å². The molecule has 0 aromatic heterocycles. The van der Waals surface area contributed by atoms with E-state index in [1.54, 1.807) is 18.0 Å². The molecule has 56 heavy (non-hydrogen) atoms. The molecular formula is C46H60N2O8. The van der Waals surface area contributed by atoms with Crippen LogP contribution in [-0.2, 0) is 14.3 Å². The average Bonchev–Trinajstić information content (AvgIpc) is 3.19. The van der Waals surface area contributed by atoms with Crippen LogP contribution in [-0.4, -0.2) is 78.8 Å². The fraction of sp³-hybridized carbons (Fsp3) is 0.522. The van der Waals surface area contributed by atoms with Crippen molar-refractivity contribution in [3.8, 4) is 17.2 Å². The van der Waals surface area contributed by atoms with Crippen molar-refractivity contribution in [3.05, 3.63) is 90.5 Å². The number of oxime groups is 1. The molecular weight excluding hydrogens is 709 g/mol. The van der Waals surface area contributed by atoms with E-state index in [0.29, 0.717) is 37.4 Å². The smallest absolute Gasteiger partial charge is 0.410 e. The number of likely N-dealkylation sites (N-methyl/N-ethyl adjacent to an activating group) is 1. The van der Waals surface area contributed by atoms with Crippen LogP contribution in [0.5, 0.6) is 17.2 Å². The van der Waals surface area contributed by atoms with E-state index >= 15 is 0 Å². The Morgan fingerprint density at radius 1 is 1.00 bits per heavy atom. The molecule has 1 saturated carbocycles. The first-order valence-electron chi connectivity index (χ1n) is 20.3. The van der Waals surface area contributed by atoms with E-state index in [4.69, 9.17) is 28.9 Å². The van der Waals surface area contributed by atoms with E-state index in [-0.39, 0.29) is 49.6 Å². The van der Waals surface area contributed by atoms with E-state index in [1.165, 1.54) is 0 Å². The van der Waals surface area contributed by atoms with E-state index in [2.05, 4.69) is 36.9 Å². The molecule has 3 aliphatic rings. The van der Waals surface area contributed by atoms with Gasteiger partial charge >= 0.3 is 6.09 Å². The van der Waals surface area contributed by atoms with Gasteiger partial charge in [-0.3, -0.25) is 0 Å². The maximum atomic E-state index is 14.0. The molecule has 0 radical (unpaired) electrons. The summed E-state index contributed by atoms with van der Waals surface area (Å²) >= 11 is 0. The van der Waals surface area contributed by atoms with Crippen molar-refractivity contribution >= 4 is 22.6 Å². The van der Waals surface area contributed by atoms with Crippen LogP contribution in [0.1, 0.15) is 84.1 Å². The Morgan fingerprint density at radius 3 is 2.43 bits per heavy atom. The first-order chi connectivity index (χ1) is 27.0. The number of rotatable bonds is 17. The number of aliphatic hydroxyl groups excluding tert-OH is 2. The first kappa shape index (κ1) is 41.3. The third-order valence-electron chi connectivity index (χ3n) is 11.3. The number of nitrogens with zero attached hydrogens (tertiary/aromatic N) is 2. The number of hydrogen-bond acceptors (Lipinski definition) is 9. The Kier molecular flexibility index (Phi) is 13.5. The highest BCUT2D eigenvalue weighted by Gasteiger charge is 2.65. The molecule has 6 rings (SSSR count). The van der Waals surface area contributed by atoms with E-state index in [9.17, 15) is 15.0 Å². The molecule has 1 heterocycles.